The van der Waals surface area contributed by atoms with Gasteiger partial charge in [0, 0.05) is 11.1 Å². The van der Waals surface area contributed by atoms with Gasteiger partial charge in [0.25, 0.3) is 0 Å². The van der Waals surface area contributed by atoms with Crippen molar-refractivity contribution in [2.45, 2.75) is 65.0 Å². The first-order valence-corrected chi connectivity index (χ1v) is 9.19. The van der Waals surface area contributed by atoms with Gasteiger partial charge in [-0.2, -0.15) is 0 Å². The Hall–Kier alpha value is -0.990. The molecule has 0 aromatic heterocycles. The van der Waals surface area contributed by atoms with Crippen LogP contribution in [0.3, 0.4) is 0 Å². The number of ketones is 1. The van der Waals surface area contributed by atoms with Crippen LogP contribution < -0.4 is 0 Å². The third kappa shape index (κ3) is 1.91. The highest BCUT2D eigenvalue weighted by atomic mass is 19.1. The van der Waals surface area contributed by atoms with Gasteiger partial charge in [-0.15, -0.1) is 0 Å². The molecule has 1 N–H and O–H groups in total. The Morgan fingerprint density at radius 2 is 1.96 bits per heavy atom. The topological polar surface area (TPSA) is 40.9 Å². The highest BCUT2D eigenvalue weighted by Gasteiger charge is 2.63. The van der Waals surface area contributed by atoms with Crippen LogP contribution >= 0.6 is 0 Å². The summed E-state index contributed by atoms with van der Waals surface area (Å²) in [4.78, 5) is 12.4. The summed E-state index contributed by atoms with van der Waals surface area (Å²) < 4.78 is 14.2. The molecule has 23 heavy (non-hydrogen) atoms. The zero-order chi connectivity index (χ0) is 16.6. The van der Waals surface area contributed by atoms with Gasteiger partial charge in [0.2, 0.25) is 0 Å². The first-order chi connectivity index (χ1) is 10.8. The quantitative estimate of drug-likeness (QED) is 0.645. The molecule has 4 aliphatic rings. The van der Waals surface area contributed by atoms with E-state index in [0.717, 1.165) is 44.2 Å². The fraction of sp³-hybridized carbons (Fsp3) is 0.800. The first kappa shape index (κ1) is 15.5. The molecule has 0 saturated heterocycles. The second-order valence-electron chi connectivity index (χ2n) is 9.14. The lowest BCUT2D eigenvalue weighted by Gasteiger charge is -2.60. The number of rotatable bonds is 0. The van der Waals surface area contributed by atoms with E-state index in [9.17, 15) is 9.18 Å². The van der Waals surface area contributed by atoms with Crippen LogP contribution in [0.15, 0.2) is 12.2 Å². The number of hydrogen-bond donors (Lipinski definition) is 1. The molecule has 2 nitrogen and oxygen atoms in total. The van der Waals surface area contributed by atoms with E-state index < -0.39 is 11.6 Å². The minimum atomic E-state index is -1.26. The van der Waals surface area contributed by atoms with Gasteiger partial charge >= 0.3 is 0 Å². The summed E-state index contributed by atoms with van der Waals surface area (Å²) in [7, 11) is 0. The fourth-order valence-corrected chi connectivity index (χ4v) is 6.71. The van der Waals surface area contributed by atoms with E-state index in [1.807, 2.05) is 6.92 Å². The molecule has 0 aliphatic heterocycles. The molecule has 5 unspecified atom stereocenters. The van der Waals surface area contributed by atoms with Gasteiger partial charge in [-0.25, -0.2) is 4.39 Å². The average Bonchev–Trinajstić information content (AvgIpc) is 2.73. The van der Waals surface area contributed by atoms with Crippen molar-refractivity contribution >= 4 is 11.5 Å². The Morgan fingerprint density at radius 3 is 2.70 bits per heavy atom. The Bertz CT molecular complexity index is 598. The molecule has 0 bridgehead atoms. The van der Waals surface area contributed by atoms with E-state index in [2.05, 4.69) is 13.5 Å². The Morgan fingerprint density at radius 1 is 1.22 bits per heavy atom. The molecule has 0 amide bonds. The van der Waals surface area contributed by atoms with Crippen molar-refractivity contribution in [1.29, 1.82) is 5.41 Å². The zero-order valence-corrected chi connectivity index (χ0v) is 14.3. The lowest BCUT2D eigenvalue weighted by atomic mass is 9.44. The molecule has 3 heteroatoms. The summed E-state index contributed by atoms with van der Waals surface area (Å²) >= 11 is 0. The monoisotopic (exact) mass is 317 g/mol. The maximum Gasteiger partial charge on any atom is 0.173 e. The maximum atomic E-state index is 14.2. The van der Waals surface area contributed by atoms with Crippen LogP contribution in [0.25, 0.3) is 0 Å². The molecule has 0 spiro atoms. The summed E-state index contributed by atoms with van der Waals surface area (Å²) in [5, 5.41) is 8.07. The fourth-order valence-electron chi connectivity index (χ4n) is 6.71. The number of alkyl halides is 1. The summed E-state index contributed by atoms with van der Waals surface area (Å²) in [5.41, 5.74) is 1.91. The number of nitrogens with one attached hydrogen (secondary N) is 1. The van der Waals surface area contributed by atoms with Crippen LogP contribution in [0.4, 0.5) is 4.39 Å². The van der Waals surface area contributed by atoms with Crippen molar-refractivity contribution in [3.8, 4) is 0 Å². The standard InChI is InChI=1S/C20H28FNO/c1-11-8-12-9-13(22)4-6-19(12,2)14-5-7-20(3)15(17(11)14)10-16(21)18(20)23/h12,14-17,22H,1,4-10H2,2-3H3/t12?,14?,15?,16?,17?,19-,20-/m0/s1. The van der Waals surface area contributed by atoms with Crippen LogP contribution in [0.1, 0.15) is 58.8 Å². The molecular formula is C20H28FNO. The minimum Gasteiger partial charge on any atom is -0.310 e. The Balaban J connectivity index is 1.72. The molecule has 4 aliphatic carbocycles. The average molecular weight is 317 g/mol. The molecule has 0 aromatic carbocycles. The van der Waals surface area contributed by atoms with E-state index in [4.69, 9.17) is 5.41 Å². The van der Waals surface area contributed by atoms with Gasteiger partial charge in [-0.3, -0.25) is 4.79 Å². The molecular weight excluding hydrogens is 289 g/mol. The van der Waals surface area contributed by atoms with E-state index in [-0.39, 0.29) is 17.1 Å². The van der Waals surface area contributed by atoms with Crippen LogP contribution in [-0.4, -0.2) is 17.7 Å². The molecule has 0 radical (unpaired) electrons. The van der Waals surface area contributed by atoms with E-state index in [0.29, 0.717) is 24.2 Å². The molecule has 7 atom stereocenters. The zero-order valence-electron chi connectivity index (χ0n) is 14.3. The van der Waals surface area contributed by atoms with Crippen molar-refractivity contribution in [2.75, 3.05) is 0 Å². The van der Waals surface area contributed by atoms with Crippen molar-refractivity contribution in [3.05, 3.63) is 12.2 Å². The number of allylic oxidation sites excluding steroid dienone is 1. The highest BCUT2D eigenvalue weighted by Crippen LogP contribution is 2.66. The van der Waals surface area contributed by atoms with Crippen LogP contribution in [-0.2, 0) is 4.79 Å². The maximum absolute atomic E-state index is 14.2. The third-order valence-electron chi connectivity index (χ3n) is 8.19. The highest BCUT2D eigenvalue weighted by molar-refractivity contribution is 5.91. The minimum absolute atomic E-state index is 0.147. The molecule has 0 heterocycles. The van der Waals surface area contributed by atoms with Crippen LogP contribution in [0.5, 0.6) is 0 Å². The third-order valence-corrected chi connectivity index (χ3v) is 8.19. The van der Waals surface area contributed by atoms with Crippen molar-refractivity contribution in [1.82, 2.24) is 0 Å². The molecule has 4 saturated carbocycles. The van der Waals surface area contributed by atoms with Gasteiger partial charge in [0.15, 0.2) is 12.0 Å². The van der Waals surface area contributed by atoms with Crippen molar-refractivity contribution < 1.29 is 9.18 Å². The SMILES string of the molecule is C=C1CC2CC(=N)CC[C@]2(C)C2CC[C@]3(C)C(=O)C(F)CC3C12. The van der Waals surface area contributed by atoms with Gasteiger partial charge < -0.3 is 5.41 Å². The molecule has 126 valence electrons. The van der Waals surface area contributed by atoms with Gasteiger partial charge in [0.1, 0.15) is 0 Å². The Kier molecular flexibility index (Phi) is 3.22. The number of halogens is 1. The summed E-state index contributed by atoms with van der Waals surface area (Å²) in [6.07, 6.45) is 4.88. The van der Waals surface area contributed by atoms with Crippen LogP contribution in [0.2, 0.25) is 0 Å². The van der Waals surface area contributed by atoms with E-state index >= 15 is 0 Å². The normalized spacial score (nSPS) is 52.8. The van der Waals surface area contributed by atoms with E-state index in [1.54, 1.807) is 0 Å². The smallest absolute Gasteiger partial charge is 0.173 e. The lowest BCUT2D eigenvalue weighted by Crippen LogP contribution is -2.54. The first-order valence-electron chi connectivity index (χ1n) is 9.19. The number of fused-ring (bicyclic) bond motifs is 5. The summed E-state index contributed by atoms with van der Waals surface area (Å²) in [5.74, 6) is 1.37. The van der Waals surface area contributed by atoms with Gasteiger partial charge in [-0.1, -0.05) is 26.0 Å². The molecule has 4 fully saturated rings. The van der Waals surface area contributed by atoms with Crippen LogP contribution in [0, 0.1) is 39.9 Å². The molecule has 4 rings (SSSR count). The predicted molar refractivity (Wildman–Crippen MR) is 89.3 cm³/mol. The largest absolute Gasteiger partial charge is 0.310 e. The Labute approximate surface area is 138 Å². The summed E-state index contributed by atoms with van der Waals surface area (Å²) in [6.45, 7) is 8.79. The van der Waals surface area contributed by atoms with Crippen molar-refractivity contribution in [3.63, 3.8) is 0 Å². The van der Waals surface area contributed by atoms with Gasteiger partial charge in [-0.05, 0) is 74.0 Å². The van der Waals surface area contributed by atoms with Crippen molar-refractivity contribution in [2.24, 2.45) is 34.5 Å². The number of hydrogen-bond acceptors (Lipinski definition) is 2. The second kappa shape index (κ2) is 4.77. The van der Waals surface area contributed by atoms with E-state index in [1.165, 1.54) is 5.57 Å². The second-order valence-corrected chi connectivity index (χ2v) is 9.14. The molecule has 0 aromatic rings. The lowest BCUT2D eigenvalue weighted by molar-refractivity contribution is -0.135. The predicted octanol–water partition coefficient (Wildman–Crippen LogP) is 4.73. The number of Topliss-reactive ketones (excluding diaryl/α,β-unsaturated/α-hetero) is 1. The number of carbonyl (C=O) groups excluding carboxylic acids is 1. The number of carbonyl (C=O) groups is 1. The summed E-state index contributed by atoms with van der Waals surface area (Å²) in [6, 6.07) is 0. The van der Waals surface area contributed by atoms with Gasteiger partial charge in [0.05, 0.1) is 0 Å².